The first kappa shape index (κ1) is 15.6. The minimum Gasteiger partial charge on any atom is -0.294 e. The zero-order chi connectivity index (χ0) is 18.1. The summed E-state index contributed by atoms with van der Waals surface area (Å²) in [4.78, 5) is 17.3. The molecule has 0 bridgehead atoms. The molecule has 0 saturated heterocycles. The summed E-state index contributed by atoms with van der Waals surface area (Å²) in [5, 5.41) is 9.44. The predicted molar refractivity (Wildman–Crippen MR) is 98.9 cm³/mol. The van der Waals surface area contributed by atoms with Gasteiger partial charge in [-0.1, -0.05) is 29.8 Å². The van der Waals surface area contributed by atoms with Crippen LogP contribution in [0.15, 0.2) is 35.5 Å². The Balaban J connectivity index is 1.73. The van der Waals surface area contributed by atoms with Gasteiger partial charge in [0.05, 0.1) is 27.8 Å². The molecule has 1 aliphatic carbocycles. The van der Waals surface area contributed by atoms with Gasteiger partial charge in [-0.25, -0.2) is 4.98 Å². The highest BCUT2D eigenvalue weighted by Crippen LogP contribution is 2.47. The summed E-state index contributed by atoms with van der Waals surface area (Å²) in [6.07, 6.45) is 6.96. The second kappa shape index (κ2) is 5.17. The van der Waals surface area contributed by atoms with Crippen LogP contribution in [0.5, 0.6) is 0 Å². The maximum Gasteiger partial charge on any atom is 0.262 e. The van der Waals surface area contributed by atoms with Crippen molar-refractivity contribution in [2.75, 3.05) is 0 Å². The second-order valence-corrected chi connectivity index (χ2v) is 7.81. The fourth-order valence-electron chi connectivity index (χ4n) is 3.48. The van der Waals surface area contributed by atoms with Gasteiger partial charge in [0.15, 0.2) is 11.5 Å². The molecule has 132 valence electrons. The zero-order valence-corrected chi connectivity index (χ0v) is 15.2. The smallest absolute Gasteiger partial charge is 0.262 e. The van der Waals surface area contributed by atoms with Crippen molar-refractivity contribution in [3.63, 3.8) is 0 Å². The van der Waals surface area contributed by atoms with Gasteiger partial charge < -0.3 is 0 Å². The molecular formula is C18H17ClN6O. The maximum absolute atomic E-state index is 12.8. The Morgan fingerprint density at radius 2 is 2.12 bits per heavy atom. The van der Waals surface area contributed by atoms with Gasteiger partial charge in [-0.15, -0.1) is 5.10 Å². The van der Waals surface area contributed by atoms with E-state index in [2.05, 4.69) is 22.2 Å². The lowest BCUT2D eigenvalue weighted by molar-refractivity contribution is 0.560. The summed E-state index contributed by atoms with van der Waals surface area (Å²) < 4.78 is 5.06. The Morgan fingerprint density at radius 3 is 2.88 bits per heavy atom. The van der Waals surface area contributed by atoms with Crippen LogP contribution in [-0.2, 0) is 13.5 Å². The molecule has 0 unspecified atom stereocenters. The summed E-state index contributed by atoms with van der Waals surface area (Å²) in [5.74, 6) is 0.575. The molecule has 7 nitrogen and oxygen atoms in total. The maximum atomic E-state index is 12.8. The van der Waals surface area contributed by atoms with Crippen molar-refractivity contribution < 1.29 is 0 Å². The summed E-state index contributed by atoms with van der Waals surface area (Å²) >= 11 is 6.25. The molecule has 1 aromatic carbocycles. The SMILES string of the molecule is Cn1c(=O)c2c(Cl)cccc2n2cnc(-n3cc(CC4(C)CC4)nn3)c12. The molecule has 0 amide bonds. The molecule has 1 saturated carbocycles. The number of imidazole rings is 1. The average Bonchev–Trinajstić information content (AvgIpc) is 3.01. The summed E-state index contributed by atoms with van der Waals surface area (Å²) in [6.45, 7) is 2.26. The van der Waals surface area contributed by atoms with E-state index < -0.39 is 0 Å². The number of benzene rings is 1. The number of halogens is 1. The van der Waals surface area contributed by atoms with Gasteiger partial charge in [0.1, 0.15) is 6.33 Å². The van der Waals surface area contributed by atoms with Crippen molar-refractivity contribution in [2.24, 2.45) is 12.5 Å². The van der Waals surface area contributed by atoms with Crippen LogP contribution in [0, 0.1) is 5.41 Å². The third kappa shape index (κ3) is 2.20. The van der Waals surface area contributed by atoms with Crippen LogP contribution < -0.4 is 5.56 Å². The highest BCUT2D eigenvalue weighted by Gasteiger charge is 2.38. The van der Waals surface area contributed by atoms with Crippen LogP contribution in [0.1, 0.15) is 25.5 Å². The van der Waals surface area contributed by atoms with Crippen molar-refractivity contribution in [1.82, 2.24) is 28.9 Å². The lowest BCUT2D eigenvalue weighted by atomic mass is 10.0. The van der Waals surface area contributed by atoms with Gasteiger partial charge in [-0.05, 0) is 36.8 Å². The van der Waals surface area contributed by atoms with E-state index in [9.17, 15) is 4.79 Å². The highest BCUT2D eigenvalue weighted by molar-refractivity contribution is 6.35. The van der Waals surface area contributed by atoms with Gasteiger partial charge in [0.2, 0.25) is 0 Å². The molecule has 4 aromatic rings. The van der Waals surface area contributed by atoms with Gasteiger partial charge in [-0.2, -0.15) is 4.68 Å². The summed E-state index contributed by atoms with van der Waals surface area (Å²) in [6, 6.07) is 5.41. The number of aryl methyl sites for hydroxylation is 1. The molecule has 1 fully saturated rings. The van der Waals surface area contributed by atoms with E-state index in [1.54, 1.807) is 28.7 Å². The van der Waals surface area contributed by atoms with Crippen LogP contribution >= 0.6 is 11.6 Å². The van der Waals surface area contributed by atoms with E-state index in [1.165, 1.54) is 12.8 Å². The molecule has 8 heteroatoms. The molecular weight excluding hydrogens is 352 g/mol. The Kier molecular flexibility index (Phi) is 3.10. The first-order chi connectivity index (χ1) is 12.5. The minimum absolute atomic E-state index is 0.161. The molecule has 0 N–H and O–H groups in total. The molecule has 0 atom stereocenters. The van der Waals surface area contributed by atoms with Gasteiger partial charge in [0.25, 0.3) is 5.56 Å². The number of rotatable bonds is 3. The predicted octanol–water partition coefficient (Wildman–Crippen LogP) is 2.76. The Bertz CT molecular complexity index is 1230. The standard InChI is InChI=1S/C18H17ClN6O/c1-18(6-7-18)8-11-9-25(22-21-11)15-16-23(2)17(26)14-12(19)4-3-5-13(14)24(16)10-20-15/h3-5,9-10H,6-8H2,1-2H3. The molecule has 0 aliphatic heterocycles. The van der Waals surface area contributed by atoms with Gasteiger partial charge in [0, 0.05) is 7.05 Å². The fourth-order valence-corrected chi connectivity index (χ4v) is 3.73. The monoisotopic (exact) mass is 368 g/mol. The average molecular weight is 369 g/mol. The molecule has 0 radical (unpaired) electrons. The van der Waals surface area contributed by atoms with E-state index in [0.717, 1.165) is 17.6 Å². The van der Waals surface area contributed by atoms with Crippen molar-refractivity contribution in [1.29, 1.82) is 0 Å². The Morgan fingerprint density at radius 1 is 1.31 bits per heavy atom. The second-order valence-electron chi connectivity index (χ2n) is 7.40. The van der Waals surface area contributed by atoms with Crippen LogP contribution in [-0.4, -0.2) is 28.9 Å². The molecule has 1 aliphatic rings. The number of hydrogen-bond donors (Lipinski definition) is 0. The lowest BCUT2D eigenvalue weighted by Crippen LogP contribution is -2.20. The van der Waals surface area contributed by atoms with Crippen LogP contribution in [0.2, 0.25) is 5.02 Å². The number of nitrogens with zero attached hydrogens (tertiary/aromatic N) is 6. The molecule has 3 aromatic heterocycles. The first-order valence-corrected chi connectivity index (χ1v) is 8.91. The molecule has 5 rings (SSSR count). The van der Waals surface area contributed by atoms with Crippen LogP contribution in [0.4, 0.5) is 0 Å². The van der Waals surface area contributed by atoms with E-state index >= 15 is 0 Å². The Hall–Kier alpha value is -2.67. The summed E-state index contributed by atoms with van der Waals surface area (Å²) in [7, 11) is 1.72. The van der Waals surface area contributed by atoms with Gasteiger partial charge >= 0.3 is 0 Å². The van der Waals surface area contributed by atoms with Crippen LogP contribution in [0.3, 0.4) is 0 Å². The largest absolute Gasteiger partial charge is 0.294 e. The van der Waals surface area contributed by atoms with Gasteiger partial charge in [-0.3, -0.25) is 13.8 Å². The minimum atomic E-state index is -0.161. The summed E-state index contributed by atoms with van der Waals surface area (Å²) in [5.41, 5.74) is 2.52. The third-order valence-electron chi connectivity index (χ3n) is 5.28. The van der Waals surface area contributed by atoms with Crippen molar-refractivity contribution in [3.8, 4) is 5.82 Å². The highest BCUT2D eigenvalue weighted by atomic mass is 35.5. The topological polar surface area (TPSA) is 70.0 Å². The molecule has 0 spiro atoms. The molecule has 26 heavy (non-hydrogen) atoms. The van der Waals surface area contributed by atoms with Crippen molar-refractivity contribution >= 4 is 28.2 Å². The van der Waals surface area contributed by atoms with Crippen LogP contribution in [0.25, 0.3) is 22.4 Å². The number of fused-ring (bicyclic) bond motifs is 3. The number of hydrogen-bond acceptors (Lipinski definition) is 4. The van der Waals surface area contributed by atoms with E-state index in [1.807, 2.05) is 22.7 Å². The van der Waals surface area contributed by atoms with E-state index in [0.29, 0.717) is 27.3 Å². The van der Waals surface area contributed by atoms with E-state index in [-0.39, 0.29) is 5.56 Å². The third-order valence-corrected chi connectivity index (χ3v) is 5.60. The van der Waals surface area contributed by atoms with Crippen molar-refractivity contribution in [2.45, 2.75) is 26.2 Å². The van der Waals surface area contributed by atoms with Crippen molar-refractivity contribution in [3.05, 3.63) is 51.8 Å². The number of aromatic nitrogens is 6. The first-order valence-electron chi connectivity index (χ1n) is 8.53. The lowest BCUT2D eigenvalue weighted by Gasteiger charge is -2.09. The Labute approximate surface area is 153 Å². The quantitative estimate of drug-likeness (QED) is 0.557. The normalized spacial score (nSPS) is 15.8. The molecule has 3 heterocycles. The zero-order valence-electron chi connectivity index (χ0n) is 14.5. The van der Waals surface area contributed by atoms with E-state index in [4.69, 9.17) is 11.6 Å². The fraction of sp³-hybridized carbons (Fsp3) is 0.333.